The van der Waals surface area contributed by atoms with E-state index >= 15 is 0 Å². The van der Waals surface area contributed by atoms with Crippen molar-refractivity contribution in [1.29, 1.82) is 0 Å². The first kappa shape index (κ1) is 13.2. The maximum absolute atomic E-state index is 10.8. The quantitative estimate of drug-likeness (QED) is 0.307. The van der Waals surface area contributed by atoms with Crippen LogP contribution >= 0.6 is 11.6 Å². The highest BCUT2D eigenvalue weighted by Crippen LogP contribution is 2.36. The van der Waals surface area contributed by atoms with Gasteiger partial charge in [-0.15, -0.1) is 18.0 Å². The third-order valence-corrected chi connectivity index (χ3v) is 2.86. The van der Waals surface area contributed by atoms with Crippen molar-refractivity contribution in [2.75, 3.05) is 18.7 Å². The molecule has 7 heteroatoms. The molecule has 0 aromatic heterocycles. The zero-order valence-corrected chi connectivity index (χ0v) is 9.92. The standard InChI is InChI=1S/C8H14ClO5S/c1-15(11,12)14-6(5-10)2-3-7-8(4-9)13-7/h6,8,10H,2-5H2,1H3/q-1/t6?,8-/m0/s1. The van der Waals surface area contributed by atoms with E-state index in [-0.39, 0.29) is 12.7 Å². The molecular formula is C8H14ClO5S-. The first-order valence-corrected chi connectivity index (χ1v) is 6.89. The van der Waals surface area contributed by atoms with Crippen LogP contribution in [0.4, 0.5) is 0 Å². The van der Waals surface area contributed by atoms with Gasteiger partial charge in [0, 0.05) is 5.88 Å². The lowest BCUT2D eigenvalue weighted by Crippen LogP contribution is -2.21. The molecule has 1 heterocycles. The Balaban J connectivity index is 2.23. The number of hydrogen-bond donors (Lipinski definition) is 1. The molecule has 0 aromatic carbocycles. The summed E-state index contributed by atoms with van der Waals surface area (Å²) in [6, 6.07) is 0. The fourth-order valence-corrected chi connectivity index (χ4v) is 2.09. The van der Waals surface area contributed by atoms with Crippen LogP contribution in [0.3, 0.4) is 0 Å². The molecule has 1 saturated heterocycles. The maximum Gasteiger partial charge on any atom is 0.264 e. The van der Waals surface area contributed by atoms with Gasteiger partial charge in [0.1, 0.15) is 0 Å². The van der Waals surface area contributed by atoms with E-state index in [1.54, 1.807) is 0 Å². The van der Waals surface area contributed by atoms with Crippen LogP contribution in [0.15, 0.2) is 0 Å². The summed E-state index contributed by atoms with van der Waals surface area (Å²) in [6.07, 6.45) is 2.07. The Hall–Kier alpha value is 0.120. The zero-order chi connectivity index (χ0) is 11.5. The van der Waals surface area contributed by atoms with Gasteiger partial charge < -0.3 is 9.84 Å². The van der Waals surface area contributed by atoms with Gasteiger partial charge in [-0.2, -0.15) is 14.5 Å². The molecule has 1 rings (SSSR count). The molecule has 0 aromatic rings. The highest BCUT2D eigenvalue weighted by atomic mass is 35.5. The number of rotatable bonds is 7. The first-order valence-electron chi connectivity index (χ1n) is 4.53. The van der Waals surface area contributed by atoms with Crippen molar-refractivity contribution in [2.45, 2.75) is 25.0 Å². The predicted molar refractivity (Wildman–Crippen MR) is 54.9 cm³/mol. The molecule has 1 aliphatic heterocycles. The van der Waals surface area contributed by atoms with E-state index in [9.17, 15) is 8.42 Å². The molecule has 0 amide bonds. The maximum atomic E-state index is 10.8. The number of halogens is 1. The average Bonchev–Trinajstić information content (AvgIpc) is 2.89. The molecule has 1 fully saturated rings. The summed E-state index contributed by atoms with van der Waals surface area (Å²) in [5.41, 5.74) is 0. The molecule has 1 aliphatic rings. The second-order valence-electron chi connectivity index (χ2n) is 3.37. The van der Waals surface area contributed by atoms with Gasteiger partial charge in [-0.25, -0.2) is 0 Å². The van der Waals surface area contributed by atoms with Crippen molar-refractivity contribution in [3.63, 3.8) is 0 Å². The summed E-state index contributed by atoms with van der Waals surface area (Å²) in [7, 11) is -3.52. The summed E-state index contributed by atoms with van der Waals surface area (Å²) < 4.78 is 31.3. The van der Waals surface area contributed by atoms with Crippen molar-refractivity contribution in [3.05, 3.63) is 6.10 Å². The van der Waals surface area contributed by atoms with Gasteiger partial charge in [-0.05, 0) is 6.42 Å². The number of hydrogen-bond acceptors (Lipinski definition) is 5. The molecule has 90 valence electrons. The van der Waals surface area contributed by atoms with Crippen LogP contribution in [0.5, 0.6) is 0 Å². The van der Waals surface area contributed by atoms with Crippen molar-refractivity contribution in [1.82, 2.24) is 0 Å². The zero-order valence-electron chi connectivity index (χ0n) is 8.35. The number of ether oxygens (including phenoxy) is 1. The predicted octanol–water partition coefficient (Wildman–Crippen LogP) is 0.273. The average molecular weight is 258 g/mol. The van der Waals surface area contributed by atoms with Gasteiger partial charge >= 0.3 is 0 Å². The monoisotopic (exact) mass is 257 g/mol. The summed E-state index contributed by atoms with van der Waals surface area (Å²) in [5, 5.41) is 8.88. The number of aliphatic hydroxyl groups is 1. The Morgan fingerprint density at radius 2 is 2.33 bits per heavy atom. The first-order chi connectivity index (χ1) is 6.96. The van der Waals surface area contributed by atoms with Crippen LogP contribution in [0, 0.1) is 6.10 Å². The van der Waals surface area contributed by atoms with Crippen molar-refractivity contribution in [2.24, 2.45) is 0 Å². The van der Waals surface area contributed by atoms with Crippen LogP contribution in [0.1, 0.15) is 12.8 Å². The Morgan fingerprint density at radius 3 is 2.73 bits per heavy atom. The lowest BCUT2D eigenvalue weighted by atomic mass is 10.1. The topological polar surface area (TPSA) is 76.1 Å². The minimum atomic E-state index is -3.52. The van der Waals surface area contributed by atoms with E-state index in [0.717, 1.165) is 12.4 Å². The van der Waals surface area contributed by atoms with Crippen LogP contribution in [-0.2, 0) is 19.0 Å². The highest BCUT2D eigenvalue weighted by Gasteiger charge is 2.22. The lowest BCUT2D eigenvalue weighted by Gasteiger charge is -2.15. The third kappa shape index (κ3) is 5.12. The molecule has 0 bridgehead atoms. The SMILES string of the molecule is CS(=O)(=O)OC(CO)CC[C-]1O[C@H]1CCl. The molecule has 0 aliphatic carbocycles. The molecule has 0 radical (unpaired) electrons. The van der Waals surface area contributed by atoms with E-state index in [4.69, 9.17) is 21.4 Å². The molecule has 5 nitrogen and oxygen atoms in total. The van der Waals surface area contributed by atoms with E-state index in [1.165, 1.54) is 0 Å². The molecule has 15 heavy (non-hydrogen) atoms. The summed E-state index contributed by atoms with van der Waals surface area (Å²) in [6.45, 7) is -0.327. The van der Waals surface area contributed by atoms with Crippen molar-refractivity contribution in [3.8, 4) is 0 Å². The molecule has 0 spiro atoms. The molecule has 2 atom stereocenters. The van der Waals surface area contributed by atoms with E-state index in [1.807, 2.05) is 0 Å². The van der Waals surface area contributed by atoms with E-state index in [0.29, 0.717) is 18.7 Å². The van der Waals surface area contributed by atoms with Gasteiger partial charge in [0.15, 0.2) is 0 Å². The van der Waals surface area contributed by atoms with Gasteiger partial charge in [0.05, 0.1) is 19.0 Å². The lowest BCUT2D eigenvalue weighted by molar-refractivity contribution is 0.113. The minimum Gasteiger partial charge on any atom is -0.566 e. The number of epoxide rings is 1. The van der Waals surface area contributed by atoms with Crippen LogP contribution < -0.4 is 0 Å². The number of aliphatic hydroxyl groups excluding tert-OH is 1. The molecule has 0 saturated carbocycles. The number of alkyl halides is 1. The Labute approximate surface area is 94.4 Å². The molecule has 1 unspecified atom stereocenters. The minimum absolute atomic E-state index is 0.00996. The Bertz CT molecular complexity index is 291. The van der Waals surface area contributed by atoms with Crippen LogP contribution in [0.2, 0.25) is 0 Å². The van der Waals surface area contributed by atoms with E-state index < -0.39 is 16.2 Å². The smallest absolute Gasteiger partial charge is 0.264 e. The van der Waals surface area contributed by atoms with Gasteiger partial charge in [0.2, 0.25) is 0 Å². The van der Waals surface area contributed by atoms with Crippen molar-refractivity contribution < 1.29 is 22.4 Å². The van der Waals surface area contributed by atoms with Gasteiger partial charge in [-0.1, -0.05) is 6.10 Å². The Kier molecular flexibility index (Phi) is 4.79. The highest BCUT2D eigenvalue weighted by molar-refractivity contribution is 7.86. The third-order valence-electron chi connectivity index (χ3n) is 1.96. The fourth-order valence-electron chi connectivity index (χ4n) is 1.21. The summed E-state index contributed by atoms with van der Waals surface area (Å²) >= 11 is 5.53. The second kappa shape index (κ2) is 5.45. The van der Waals surface area contributed by atoms with Crippen LogP contribution in [0.25, 0.3) is 0 Å². The van der Waals surface area contributed by atoms with Crippen LogP contribution in [-0.4, -0.2) is 44.5 Å². The summed E-state index contributed by atoms with van der Waals surface area (Å²) in [5.74, 6) is 0.409. The van der Waals surface area contributed by atoms with Gasteiger partial charge in [-0.3, -0.25) is 4.18 Å². The fraction of sp³-hybridized carbons (Fsp3) is 0.875. The van der Waals surface area contributed by atoms with E-state index in [2.05, 4.69) is 4.18 Å². The largest absolute Gasteiger partial charge is 0.566 e. The molecule has 1 N–H and O–H groups in total. The van der Waals surface area contributed by atoms with Crippen molar-refractivity contribution >= 4 is 21.7 Å². The normalized spacial score (nSPS) is 24.1. The second-order valence-corrected chi connectivity index (χ2v) is 5.28. The summed E-state index contributed by atoms with van der Waals surface area (Å²) in [4.78, 5) is 0. The Morgan fingerprint density at radius 1 is 1.67 bits per heavy atom. The van der Waals surface area contributed by atoms with Gasteiger partial charge in [0.25, 0.3) is 10.1 Å². The molecular weight excluding hydrogens is 244 g/mol.